The number of H-pyrrole nitrogens is 1. The van der Waals surface area contributed by atoms with Crippen LogP contribution in [-0.2, 0) is 11.3 Å². The number of nitrogens with zero attached hydrogens (tertiary/aromatic N) is 4. The van der Waals surface area contributed by atoms with Gasteiger partial charge in [-0.1, -0.05) is 24.3 Å². The molecule has 2 aromatic rings. The predicted octanol–water partition coefficient (Wildman–Crippen LogP) is 1.79. The Morgan fingerprint density at radius 2 is 1.96 bits per heavy atom. The van der Waals surface area contributed by atoms with Gasteiger partial charge in [0.2, 0.25) is 0 Å². The topological polar surface area (TPSA) is 74.3 Å². The molecule has 0 saturated carbocycles. The minimum atomic E-state index is -0.455. The predicted molar refractivity (Wildman–Crippen MR) is 95.2 cm³/mol. The Kier molecular flexibility index (Phi) is 5.78. The van der Waals surface area contributed by atoms with Crippen LogP contribution < -0.4 is 0 Å². The molecule has 0 bridgehead atoms. The van der Waals surface area contributed by atoms with E-state index in [9.17, 15) is 4.79 Å². The maximum absolute atomic E-state index is 11.9. The minimum Gasteiger partial charge on any atom is -0.461 e. The highest BCUT2D eigenvalue weighted by Gasteiger charge is 2.19. The summed E-state index contributed by atoms with van der Waals surface area (Å²) in [5.74, 6) is -0.455. The lowest BCUT2D eigenvalue weighted by Gasteiger charge is -2.20. The monoisotopic (exact) mass is 343 g/mol. The van der Waals surface area contributed by atoms with Gasteiger partial charge < -0.3 is 9.64 Å². The largest absolute Gasteiger partial charge is 0.461 e. The number of aromatic nitrogens is 3. The van der Waals surface area contributed by atoms with Crippen molar-refractivity contribution in [3.63, 3.8) is 0 Å². The summed E-state index contributed by atoms with van der Waals surface area (Å²) in [5, 5.41) is 10.5. The second kappa shape index (κ2) is 8.22. The Morgan fingerprint density at radius 3 is 2.72 bits per heavy atom. The van der Waals surface area contributed by atoms with E-state index in [1.54, 1.807) is 6.92 Å². The summed E-state index contributed by atoms with van der Waals surface area (Å²) < 4.78 is 5.02. The van der Waals surface area contributed by atoms with E-state index in [1.807, 2.05) is 12.1 Å². The fourth-order valence-electron chi connectivity index (χ4n) is 3.06. The zero-order valence-corrected chi connectivity index (χ0v) is 14.9. The van der Waals surface area contributed by atoms with Crippen LogP contribution >= 0.6 is 0 Å². The lowest BCUT2D eigenvalue weighted by Crippen LogP contribution is -2.28. The van der Waals surface area contributed by atoms with E-state index in [0.29, 0.717) is 12.3 Å². The summed E-state index contributed by atoms with van der Waals surface area (Å²) in [6.07, 6.45) is 1.20. The summed E-state index contributed by atoms with van der Waals surface area (Å²) in [6, 6.07) is 8.15. The third kappa shape index (κ3) is 4.43. The standard InChI is InChI=1S/C18H25N5O2/c1-3-25-18(24)17-16(19-21-20-17)15-7-5-14(6-8-15)13-23-10-4-9-22(2)11-12-23/h5-8H,3-4,9-13H2,1-2H3,(H,19,20,21). The number of benzene rings is 1. The Labute approximate surface area is 148 Å². The highest BCUT2D eigenvalue weighted by Crippen LogP contribution is 2.21. The van der Waals surface area contributed by atoms with Crippen LogP contribution in [0.25, 0.3) is 11.3 Å². The van der Waals surface area contributed by atoms with E-state index in [2.05, 4.69) is 44.4 Å². The van der Waals surface area contributed by atoms with Gasteiger partial charge in [-0.05, 0) is 39.0 Å². The molecule has 1 aliphatic rings. The number of nitrogens with one attached hydrogen (secondary N) is 1. The molecule has 0 radical (unpaired) electrons. The van der Waals surface area contributed by atoms with Gasteiger partial charge in [-0.2, -0.15) is 10.3 Å². The zero-order chi connectivity index (χ0) is 17.6. The summed E-state index contributed by atoms with van der Waals surface area (Å²) in [5.41, 5.74) is 2.87. The molecule has 1 N–H and O–H groups in total. The van der Waals surface area contributed by atoms with E-state index < -0.39 is 5.97 Å². The molecular formula is C18H25N5O2. The van der Waals surface area contributed by atoms with Crippen molar-refractivity contribution in [2.45, 2.75) is 19.9 Å². The van der Waals surface area contributed by atoms with Crippen molar-refractivity contribution in [1.82, 2.24) is 25.2 Å². The number of hydrogen-bond donors (Lipinski definition) is 1. The molecule has 2 heterocycles. The van der Waals surface area contributed by atoms with Crippen LogP contribution in [0.4, 0.5) is 0 Å². The number of esters is 1. The molecule has 1 aromatic carbocycles. The number of likely N-dealkylation sites (N-methyl/N-ethyl adjacent to an activating group) is 1. The van der Waals surface area contributed by atoms with Crippen LogP contribution in [0.15, 0.2) is 24.3 Å². The maximum atomic E-state index is 11.9. The SMILES string of the molecule is CCOC(=O)c1n[nH]nc1-c1ccc(CN2CCCN(C)CC2)cc1. The third-order valence-corrected chi connectivity index (χ3v) is 4.46. The lowest BCUT2D eigenvalue weighted by molar-refractivity contribution is 0.0520. The van der Waals surface area contributed by atoms with Crippen LogP contribution in [0.1, 0.15) is 29.4 Å². The number of rotatable bonds is 5. The van der Waals surface area contributed by atoms with Crippen LogP contribution in [0.5, 0.6) is 0 Å². The summed E-state index contributed by atoms with van der Waals surface area (Å²) in [7, 11) is 2.18. The van der Waals surface area contributed by atoms with Crippen molar-refractivity contribution in [2.75, 3.05) is 39.8 Å². The zero-order valence-electron chi connectivity index (χ0n) is 14.9. The maximum Gasteiger partial charge on any atom is 0.361 e. The van der Waals surface area contributed by atoms with Crippen molar-refractivity contribution in [1.29, 1.82) is 0 Å². The van der Waals surface area contributed by atoms with Crippen molar-refractivity contribution in [3.8, 4) is 11.3 Å². The molecular weight excluding hydrogens is 318 g/mol. The number of aromatic amines is 1. The average molecular weight is 343 g/mol. The first-order chi connectivity index (χ1) is 12.2. The van der Waals surface area contributed by atoms with Gasteiger partial charge in [0.25, 0.3) is 0 Å². The van der Waals surface area contributed by atoms with E-state index >= 15 is 0 Å². The van der Waals surface area contributed by atoms with Crippen molar-refractivity contribution in [2.24, 2.45) is 0 Å². The van der Waals surface area contributed by atoms with E-state index in [1.165, 1.54) is 12.0 Å². The smallest absolute Gasteiger partial charge is 0.361 e. The molecule has 0 aliphatic carbocycles. The van der Waals surface area contributed by atoms with E-state index in [0.717, 1.165) is 38.3 Å². The average Bonchev–Trinajstić information content (AvgIpc) is 3.01. The molecule has 0 spiro atoms. The molecule has 134 valence electrons. The summed E-state index contributed by atoms with van der Waals surface area (Å²) in [6.45, 7) is 7.52. The molecule has 1 aliphatic heterocycles. The van der Waals surface area contributed by atoms with Gasteiger partial charge in [0.05, 0.1) is 6.61 Å². The van der Waals surface area contributed by atoms with E-state index in [4.69, 9.17) is 4.74 Å². The van der Waals surface area contributed by atoms with Gasteiger partial charge >= 0.3 is 5.97 Å². The number of hydrogen-bond acceptors (Lipinski definition) is 6. The second-order valence-electron chi connectivity index (χ2n) is 6.37. The molecule has 0 amide bonds. The molecule has 25 heavy (non-hydrogen) atoms. The molecule has 0 unspecified atom stereocenters. The van der Waals surface area contributed by atoms with Crippen LogP contribution in [0.3, 0.4) is 0 Å². The Morgan fingerprint density at radius 1 is 1.16 bits per heavy atom. The van der Waals surface area contributed by atoms with E-state index in [-0.39, 0.29) is 5.69 Å². The van der Waals surface area contributed by atoms with Gasteiger partial charge in [-0.3, -0.25) is 4.90 Å². The Bertz CT molecular complexity index is 698. The first-order valence-corrected chi connectivity index (χ1v) is 8.75. The molecule has 1 saturated heterocycles. The molecule has 7 heteroatoms. The summed E-state index contributed by atoms with van der Waals surface area (Å²) >= 11 is 0. The molecule has 3 rings (SSSR count). The van der Waals surface area contributed by atoms with Crippen LogP contribution in [-0.4, -0.2) is 71.0 Å². The van der Waals surface area contributed by atoms with Crippen LogP contribution in [0, 0.1) is 0 Å². The number of carbonyl (C=O) groups excluding carboxylic acids is 1. The fraction of sp³-hybridized carbons (Fsp3) is 0.500. The van der Waals surface area contributed by atoms with Gasteiger partial charge in [0.1, 0.15) is 5.69 Å². The highest BCUT2D eigenvalue weighted by molar-refractivity contribution is 5.93. The van der Waals surface area contributed by atoms with Gasteiger partial charge in [0, 0.05) is 25.2 Å². The summed E-state index contributed by atoms with van der Waals surface area (Å²) in [4.78, 5) is 16.8. The molecule has 0 atom stereocenters. The normalized spacial score (nSPS) is 16.6. The lowest BCUT2D eigenvalue weighted by atomic mass is 10.1. The molecule has 7 nitrogen and oxygen atoms in total. The van der Waals surface area contributed by atoms with Crippen LogP contribution in [0.2, 0.25) is 0 Å². The van der Waals surface area contributed by atoms with Crippen molar-refractivity contribution < 1.29 is 9.53 Å². The minimum absolute atomic E-state index is 0.227. The van der Waals surface area contributed by atoms with Crippen molar-refractivity contribution >= 4 is 5.97 Å². The number of ether oxygens (including phenoxy) is 1. The van der Waals surface area contributed by atoms with Gasteiger partial charge in [0.15, 0.2) is 5.69 Å². The third-order valence-electron chi connectivity index (χ3n) is 4.46. The van der Waals surface area contributed by atoms with Gasteiger partial charge in [-0.25, -0.2) is 4.79 Å². The highest BCUT2D eigenvalue weighted by atomic mass is 16.5. The number of carbonyl (C=O) groups is 1. The first-order valence-electron chi connectivity index (χ1n) is 8.75. The van der Waals surface area contributed by atoms with Gasteiger partial charge in [-0.15, -0.1) is 5.10 Å². The van der Waals surface area contributed by atoms with Crippen molar-refractivity contribution in [3.05, 3.63) is 35.5 Å². The quantitative estimate of drug-likeness (QED) is 0.834. The first kappa shape index (κ1) is 17.6. The Balaban J connectivity index is 1.68. The molecule has 1 fully saturated rings. The Hall–Kier alpha value is -2.25. The fourth-order valence-corrected chi connectivity index (χ4v) is 3.06. The second-order valence-corrected chi connectivity index (χ2v) is 6.37. The molecule has 1 aromatic heterocycles.